The Bertz CT molecular complexity index is 710. The molecule has 1 aliphatic rings. The number of nitrogens with zero attached hydrogens (tertiary/aromatic N) is 2. The first-order valence-electron chi connectivity index (χ1n) is 9.17. The van der Waals surface area contributed by atoms with Gasteiger partial charge < -0.3 is 14.7 Å². The molecule has 0 spiro atoms. The van der Waals surface area contributed by atoms with Gasteiger partial charge in [-0.2, -0.15) is 0 Å². The van der Waals surface area contributed by atoms with Crippen LogP contribution < -0.4 is 4.74 Å². The molecule has 0 radical (unpaired) electrons. The van der Waals surface area contributed by atoms with Gasteiger partial charge in [-0.3, -0.25) is 0 Å². The van der Waals surface area contributed by atoms with Crippen molar-refractivity contribution in [1.29, 1.82) is 0 Å². The summed E-state index contributed by atoms with van der Waals surface area (Å²) < 4.78 is 32.8. The Morgan fingerprint density at radius 2 is 1.88 bits per heavy atom. The fraction of sp³-hybridized carbons (Fsp3) is 0.684. The zero-order valence-electron chi connectivity index (χ0n) is 16.5. The average Bonchev–Trinajstić information content (AvgIpc) is 2.58. The van der Waals surface area contributed by atoms with E-state index in [1.807, 2.05) is 13.8 Å². The lowest BCUT2D eigenvalue weighted by atomic mass is 9.97. The van der Waals surface area contributed by atoms with Gasteiger partial charge in [0, 0.05) is 20.1 Å². The Morgan fingerprint density at radius 1 is 1.27 bits per heavy atom. The van der Waals surface area contributed by atoms with Crippen LogP contribution in [-0.4, -0.2) is 69.2 Å². The van der Waals surface area contributed by atoms with E-state index in [4.69, 9.17) is 4.74 Å². The minimum Gasteiger partial charge on any atom is -0.496 e. The third-order valence-electron chi connectivity index (χ3n) is 5.34. The van der Waals surface area contributed by atoms with Crippen molar-refractivity contribution in [2.75, 3.05) is 40.3 Å². The molecule has 0 aromatic heterocycles. The van der Waals surface area contributed by atoms with Crippen LogP contribution in [0.25, 0.3) is 0 Å². The van der Waals surface area contributed by atoms with E-state index in [-0.39, 0.29) is 6.10 Å². The highest BCUT2D eigenvalue weighted by Gasteiger charge is 2.28. The van der Waals surface area contributed by atoms with Gasteiger partial charge in [-0.15, -0.1) is 0 Å². The van der Waals surface area contributed by atoms with E-state index in [9.17, 15) is 13.5 Å². The van der Waals surface area contributed by atoms with Gasteiger partial charge in [0.05, 0.1) is 18.1 Å². The van der Waals surface area contributed by atoms with Crippen molar-refractivity contribution in [3.63, 3.8) is 0 Å². The Morgan fingerprint density at radius 3 is 2.42 bits per heavy atom. The number of hydrogen-bond donors (Lipinski definition) is 1. The molecule has 6 nitrogen and oxygen atoms in total. The van der Waals surface area contributed by atoms with E-state index >= 15 is 0 Å². The van der Waals surface area contributed by atoms with Crippen LogP contribution in [-0.2, 0) is 10.0 Å². The summed E-state index contributed by atoms with van der Waals surface area (Å²) in [5, 5.41) is 9.50. The first-order valence-corrected chi connectivity index (χ1v) is 10.6. The van der Waals surface area contributed by atoms with Crippen LogP contribution in [0, 0.1) is 19.8 Å². The van der Waals surface area contributed by atoms with Crippen molar-refractivity contribution in [1.82, 2.24) is 9.21 Å². The monoisotopic (exact) mass is 384 g/mol. The second kappa shape index (κ2) is 8.69. The van der Waals surface area contributed by atoms with Crippen LogP contribution in [0.2, 0.25) is 0 Å². The molecule has 1 saturated heterocycles. The second-order valence-electron chi connectivity index (χ2n) is 7.39. The van der Waals surface area contributed by atoms with E-state index < -0.39 is 10.0 Å². The number of aliphatic hydroxyl groups excluding tert-OH is 1. The summed E-state index contributed by atoms with van der Waals surface area (Å²) in [7, 11) is -0.272. The maximum atomic E-state index is 13.0. The summed E-state index contributed by atoms with van der Waals surface area (Å²) in [6, 6.07) is 3.36. The topological polar surface area (TPSA) is 70.1 Å². The molecule has 1 N–H and O–H groups in total. The minimum absolute atomic E-state index is 0.323. The number of piperidine rings is 1. The zero-order chi connectivity index (χ0) is 19.5. The van der Waals surface area contributed by atoms with Gasteiger partial charge in [-0.05, 0) is 75.9 Å². The highest BCUT2D eigenvalue weighted by atomic mass is 32.2. The Hall–Kier alpha value is -1.15. The number of rotatable bonds is 7. The average molecular weight is 385 g/mol. The van der Waals surface area contributed by atoms with Gasteiger partial charge in [0.15, 0.2) is 0 Å². The first-order chi connectivity index (χ1) is 12.2. The molecule has 7 heteroatoms. The van der Waals surface area contributed by atoms with E-state index in [1.165, 1.54) is 4.31 Å². The fourth-order valence-electron chi connectivity index (χ4n) is 3.63. The number of β-amino-alcohol motifs (C(OH)–C–C–N with tert-alkyl or cyclic N) is 1. The highest BCUT2D eigenvalue weighted by molar-refractivity contribution is 7.89. The number of ether oxygens (including phenoxy) is 1. The lowest BCUT2D eigenvalue weighted by Gasteiger charge is -2.34. The van der Waals surface area contributed by atoms with E-state index in [2.05, 4.69) is 4.90 Å². The molecule has 0 aliphatic carbocycles. The second-order valence-corrected chi connectivity index (χ2v) is 9.41. The van der Waals surface area contributed by atoms with Crippen LogP contribution in [0.4, 0.5) is 0 Å². The van der Waals surface area contributed by atoms with Crippen LogP contribution >= 0.6 is 0 Å². The van der Waals surface area contributed by atoms with Gasteiger partial charge in [-0.25, -0.2) is 12.7 Å². The number of sulfonamides is 1. The van der Waals surface area contributed by atoms with Crippen LogP contribution in [0.5, 0.6) is 5.75 Å². The maximum Gasteiger partial charge on any atom is 0.243 e. The molecule has 1 aliphatic heterocycles. The molecule has 26 heavy (non-hydrogen) atoms. The van der Waals surface area contributed by atoms with Crippen LogP contribution in [0.1, 0.15) is 30.9 Å². The fourth-order valence-corrected chi connectivity index (χ4v) is 5.15. The lowest BCUT2D eigenvalue weighted by molar-refractivity contribution is 0.0972. The SMILES string of the molecule is COc1ccc(S(=O)(=O)N(C)CC2CCN(C[C@@H](C)O)CC2)c(C)c1C. The van der Waals surface area contributed by atoms with Crippen LogP contribution in [0.3, 0.4) is 0 Å². The van der Waals surface area contributed by atoms with Gasteiger partial charge in [-0.1, -0.05) is 0 Å². The molecule has 148 valence electrons. The molecule has 1 heterocycles. The molecule has 1 aromatic rings. The van der Waals surface area contributed by atoms with Gasteiger partial charge in [0.1, 0.15) is 5.75 Å². The third kappa shape index (κ3) is 4.76. The zero-order valence-corrected chi connectivity index (χ0v) is 17.3. The number of benzene rings is 1. The molecule has 0 bridgehead atoms. The summed E-state index contributed by atoms with van der Waals surface area (Å²) in [5.41, 5.74) is 1.59. The van der Waals surface area contributed by atoms with Crippen molar-refractivity contribution in [3.05, 3.63) is 23.3 Å². The molecule has 0 unspecified atom stereocenters. The minimum atomic E-state index is -3.52. The largest absolute Gasteiger partial charge is 0.496 e. The van der Waals surface area contributed by atoms with Gasteiger partial charge >= 0.3 is 0 Å². The predicted octanol–water partition coefficient (Wildman–Crippen LogP) is 2.03. The summed E-state index contributed by atoms with van der Waals surface area (Å²) in [6.45, 7) is 8.53. The maximum absolute atomic E-state index is 13.0. The normalized spacial score (nSPS) is 18.3. The summed E-state index contributed by atoms with van der Waals surface area (Å²) in [5.74, 6) is 1.05. The van der Waals surface area contributed by atoms with E-state index in [0.717, 1.165) is 37.1 Å². The van der Waals surface area contributed by atoms with Crippen molar-refractivity contribution in [2.45, 2.75) is 44.6 Å². The van der Waals surface area contributed by atoms with Crippen molar-refractivity contribution in [2.24, 2.45) is 5.92 Å². The van der Waals surface area contributed by atoms with Crippen molar-refractivity contribution < 1.29 is 18.3 Å². The standard InChI is InChI=1S/C19H32N2O4S/c1-14(22)12-21-10-8-17(9-11-21)13-20(4)26(23,24)19-7-6-18(25-5)15(2)16(19)3/h6-7,14,17,22H,8-13H2,1-5H3/t14-/m1/s1. The van der Waals surface area contributed by atoms with Crippen LogP contribution in [0.15, 0.2) is 17.0 Å². The summed E-state index contributed by atoms with van der Waals surface area (Å²) in [4.78, 5) is 2.59. The van der Waals surface area contributed by atoms with E-state index in [1.54, 1.807) is 33.2 Å². The molecule has 0 saturated carbocycles. The molecule has 0 amide bonds. The Labute approximate surface area is 157 Å². The Balaban J connectivity index is 2.05. The number of likely N-dealkylation sites (tertiary alicyclic amines) is 1. The highest BCUT2D eigenvalue weighted by Crippen LogP contribution is 2.29. The number of aliphatic hydroxyl groups is 1. The summed E-state index contributed by atoms with van der Waals surface area (Å²) >= 11 is 0. The van der Waals surface area contributed by atoms with Gasteiger partial charge in [0.2, 0.25) is 10.0 Å². The quantitative estimate of drug-likeness (QED) is 0.779. The molecule has 1 atom stereocenters. The van der Waals surface area contributed by atoms with Crippen molar-refractivity contribution in [3.8, 4) is 5.75 Å². The first kappa shape index (κ1) is 21.2. The molecule has 2 rings (SSSR count). The summed E-state index contributed by atoms with van der Waals surface area (Å²) in [6.07, 6.45) is 1.58. The molecule has 1 aromatic carbocycles. The lowest BCUT2D eigenvalue weighted by Crippen LogP contribution is -2.41. The number of hydrogen-bond acceptors (Lipinski definition) is 5. The third-order valence-corrected chi connectivity index (χ3v) is 7.31. The predicted molar refractivity (Wildman–Crippen MR) is 103 cm³/mol. The van der Waals surface area contributed by atoms with E-state index in [0.29, 0.717) is 29.7 Å². The van der Waals surface area contributed by atoms with Gasteiger partial charge in [0.25, 0.3) is 0 Å². The van der Waals surface area contributed by atoms with Crippen molar-refractivity contribution >= 4 is 10.0 Å². The molecular formula is C19H32N2O4S. The molecule has 1 fully saturated rings. The smallest absolute Gasteiger partial charge is 0.243 e. The Kier molecular flexibility index (Phi) is 7.07. The molecular weight excluding hydrogens is 352 g/mol. The number of methoxy groups -OCH3 is 1.